The third-order valence-corrected chi connectivity index (χ3v) is 4.29. The zero-order valence-electron chi connectivity index (χ0n) is 14.5. The van der Waals surface area contributed by atoms with Crippen LogP contribution in [0.5, 0.6) is 0 Å². The minimum absolute atomic E-state index is 0.136. The lowest BCUT2D eigenvalue weighted by Gasteiger charge is -2.11. The van der Waals surface area contributed by atoms with Gasteiger partial charge in [-0.25, -0.2) is 4.98 Å². The number of hydrogen-bond acceptors (Lipinski definition) is 4. The highest BCUT2D eigenvalue weighted by atomic mass is 16.3. The maximum absolute atomic E-state index is 12.6. The number of pyridine rings is 1. The number of oxazole rings is 1. The molecule has 0 aliphatic heterocycles. The molecule has 2 heterocycles. The predicted molar refractivity (Wildman–Crippen MR) is 101 cm³/mol. The molecule has 0 bridgehead atoms. The molecule has 5 heteroatoms. The molecule has 0 fully saturated rings. The number of nitrogens with one attached hydrogen (secondary N) is 1. The second kappa shape index (κ2) is 6.44. The van der Waals surface area contributed by atoms with Crippen LogP contribution in [0.25, 0.3) is 22.7 Å². The lowest BCUT2D eigenvalue weighted by atomic mass is 10.1. The Bertz CT molecular complexity index is 1080. The Balaban J connectivity index is 1.68. The van der Waals surface area contributed by atoms with Crippen LogP contribution in [-0.2, 0) is 0 Å². The fraction of sp³-hybridized carbons (Fsp3) is 0.0952. The van der Waals surface area contributed by atoms with Crippen molar-refractivity contribution in [3.05, 3.63) is 77.5 Å². The molecule has 0 atom stereocenters. The first kappa shape index (κ1) is 16.0. The van der Waals surface area contributed by atoms with Crippen LogP contribution >= 0.6 is 0 Å². The van der Waals surface area contributed by atoms with E-state index >= 15 is 0 Å². The van der Waals surface area contributed by atoms with Crippen molar-refractivity contribution in [1.82, 2.24) is 9.97 Å². The molecule has 0 saturated heterocycles. The Hall–Kier alpha value is -3.47. The lowest BCUT2D eigenvalue weighted by Crippen LogP contribution is -2.14. The summed E-state index contributed by atoms with van der Waals surface area (Å²) in [5.74, 6) is 0.340. The first-order valence-electron chi connectivity index (χ1n) is 8.31. The molecule has 5 nitrogen and oxygen atoms in total. The van der Waals surface area contributed by atoms with Gasteiger partial charge in [0.25, 0.3) is 5.91 Å². The number of nitrogens with zero attached hydrogens (tertiary/aromatic N) is 2. The van der Waals surface area contributed by atoms with E-state index in [0.717, 1.165) is 22.4 Å². The van der Waals surface area contributed by atoms with E-state index in [-0.39, 0.29) is 5.91 Å². The number of carbonyl (C=O) groups excluding carboxylic acids is 1. The first-order valence-corrected chi connectivity index (χ1v) is 8.31. The molecule has 4 rings (SSSR count). The Morgan fingerprint density at radius 2 is 1.85 bits per heavy atom. The van der Waals surface area contributed by atoms with Crippen LogP contribution in [0.4, 0.5) is 5.69 Å². The predicted octanol–water partition coefficient (Wildman–Crippen LogP) is 4.76. The van der Waals surface area contributed by atoms with Crippen molar-refractivity contribution >= 4 is 22.8 Å². The van der Waals surface area contributed by atoms with E-state index in [2.05, 4.69) is 15.3 Å². The van der Waals surface area contributed by atoms with E-state index in [1.807, 2.05) is 62.4 Å². The summed E-state index contributed by atoms with van der Waals surface area (Å²) in [7, 11) is 0. The molecule has 1 N–H and O–H groups in total. The van der Waals surface area contributed by atoms with Gasteiger partial charge in [0, 0.05) is 23.0 Å². The van der Waals surface area contributed by atoms with E-state index < -0.39 is 0 Å². The summed E-state index contributed by atoms with van der Waals surface area (Å²) < 4.78 is 5.77. The Kier molecular flexibility index (Phi) is 3.97. The van der Waals surface area contributed by atoms with Crippen LogP contribution in [0.15, 0.2) is 65.2 Å². The molecule has 128 valence electrons. The monoisotopic (exact) mass is 343 g/mol. The van der Waals surface area contributed by atoms with Crippen molar-refractivity contribution in [3.63, 3.8) is 0 Å². The van der Waals surface area contributed by atoms with Gasteiger partial charge in [-0.3, -0.25) is 4.79 Å². The second-order valence-corrected chi connectivity index (χ2v) is 6.14. The normalized spacial score (nSPS) is 10.8. The van der Waals surface area contributed by atoms with E-state index in [0.29, 0.717) is 22.7 Å². The molecule has 0 saturated carbocycles. The number of carbonyl (C=O) groups is 1. The van der Waals surface area contributed by atoms with Crippen LogP contribution in [-0.4, -0.2) is 15.9 Å². The summed E-state index contributed by atoms with van der Waals surface area (Å²) in [4.78, 5) is 21.2. The molecule has 0 spiro atoms. The van der Waals surface area contributed by atoms with Gasteiger partial charge in [-0.05, 0) is 55.3 Å². The van der Waals surface area contributed by atoms with Gasteiger partial charge >= 0.3 is 0 Å². The number of rotatable bonds is 3. The summed E-state index contributed by atoms with van der Waals surface area (Å²) in [5.41, 5.74) is 5.26. The zero-order valence-corrected chi connectivity index (χ0v) is 14.5. The number of benzene rings is 2. The van der Waals surface area contributed by atoms with Crippen LogP contribution in [0.2, 0.25) is 0 Å². The molecule has 0 aliphatic carbocycles. The van der Waals surface area contributed by atoms with E-state index in [9.17, 15) is 4.79 Å². The molecule has 0 radical (unpaired) electrons. The number of amides is 1. The van der Waals surface area contributed by atoms with Crippen LogP contribution in [0, 0.1) is 13.8 Å². The number of hydrogen-bond donors (Lipinski definition) is 1. The van der Waals surface area contributed by atoms with E-state index in [1.54, 1.807) is 12.3 Å². The molecule has 2 aromatic carbocycles. The minimum Gasteiger partial charge on any atom is -0.434 e. The average Bonchev–Trinajstić information content (AvgIpc) is 3.08. The van der Waals surface area contributed by atoms with Crippen molar-refractivity contribution in [1.29, 1.82) is 0 Å². The standard InChI is InChI=1S/C21H17N3O2/c1-13-6-3-4-7-16(13)20(25)23-17-12-15(10-9-14(17)2)21-24-19-18(26-21)8-5-11-22-19/h3-12H,1-2H3,(H,23,25). The van der Waals surface area contributed by atoms with Crippen molar-refractivity contribution in [3.8, 4) is 11.5 Å². The first-order chi connectivity index (χ1) is 12.6. The second-order valence-electron chi connectivity index (χ2n) is 6.14. The number of aromatic nitrogens is 2. The number of aryl methyl sites for hydroxylation is 2. The third kappa shape index (κ3) is 2.95. The van der Waals surface area contributed by atoms with Gasteiger partial charge in [-0.15, -0.1) is 0 Å². The van der Waals surface area contributed by atoms with Crippen LogP contribution < -0.4 is 5.32 Å². The number of fused-ring (bicyclic) bond motifs is 1. The van der Waals surface area contributed by atoms with Gasteiger partial charge in [-0.2, -0.15) is 4.98 Å². The number of anilines is 1. The molecular formula is C21H17N3O2. The molecule has 0 unspecified atom stereocenters. The van der Waals surface area contributed by atoms with Gasteiger partial charge in [0.2, 0.25) is 5.89 Å². The maximum atomic E-state index is 12.6. The van der Waals surface area contributed by atoms with E-state index in [4.69, 9.17) is 4.42 Å². The van der Waals surface area contributed by atoms with E-state index in [1.165, 1.54) is 0 Å². The highest BCUT2D eigenvalue weighted by molar-refractivity contribution is 6.05. The average molecular weight is 343 g/mol. The summed E-state index contributed by atoms with van der Waals surface area (Å²) in [6, 6.07) is 16.9. The Labute approximate surface area is 150 Å². The lowest BCUT2D eigenvalue weighted by molar-refractivity contribution is 0.102. The molecule has 26 heavy (non-hydrogen) atoms. The van der Waals surface area contributed by atoms with Crippen LogP contribution in [0.1, 0.15) is 21.5 Å². The van der Waals surface area contributed by atoms with Gasteiger partial charge in [0.15, 0.2) is 11.2 Å². The van der Waals surface area contributed by atoms with Gasteiger partial charge in [0.1, 0.15) is 0 Å². The quantitative estimate of drug-likeness (QED) is 0.582. The SMILES string of the molecule is Cc1ccc(-c2nc3ncccc3o2)cc1NC(=O)c1ccccc1C. The molecule has 2 aromatic heterocycles. The largest absolute Gasteiger partial charge is 0.434 e. The molecule has 4 aromatic rings. The third-order valence-electron chi connectivity index (χ3n) is 4.29. The molecule has 1 amide bonds. The minimum atomic E-state index is -0.136. The highest BCUT2D eigenvalue weighted by Crippen LogP contribution is 2.27. The summed E-state index contributed by atoms with van der Waals surface area (Å²) in [5, 5.41) is 2.99. The summed E-state index contributed by atoms with van der Waals surface area (Å²) in [6.45, 7) is 3.87. The van der Waals surface area contributed by atoms with Crippen molar-refractivity contribution in [2.45, 2.75) is 13.8 Å². The molecule has 0 aliphatic rings. The van der Waals surface area contributed by atoms with Crippen molar-refractivity contribution < 1.29 is 9.21 Å². The Morgan fingerprint density at radius 3 is 2.65 bits per heavy atom. The summed E-state index contributed by atoms with van der Waals surface area (Å²) in [6.07, 6.45) is 1.68. The fourth-order valence-corrected chi connectivity index (χ4v) is 2.80. The summed E-state index contributed by atoms with van der Waals surface area (Å²) >= 11 is 0. The van der Waals surface area contributed by atoms with Gasteiger partial charge in [0.05, 0.1) is 0 Å². The van der Waals surface area contributed by atoms with Crippen LogP contribution in [0.3, 0.4) is 0 Å². The molecular weight excluding hydrogens is 326 g/mol. The van der Waals surface area contributed by atoms with Gasteiger partial charge in [-0.1, -0.05) is 24.3 Å². The fourth-order valence-electron chi connectivity index (χ4n) is 2.80. The van der Waals surface area contributed by atoms with Gasteiger partial charge < -0.3 is 9.73 Å². The smallest absolute Gasteiger partial charge is 0.255 e. The zero-order chi connectivity index (χ0) is 18.1. The highest BCUT2D eigenvalue weighted by Gasteiger charge is 2.13. The van der Waals surface area contributed by atoms with Crippen molar-refractivity contribution in [2.24, 2.45) is 0 Å². The maximum Gasteiger partial charge on any atom is 0.255 e. The van der Waals surface area contributed by atoms with Crippen molar-refractivity contribution in [2.75, 3.05) is 5.32 Å². The topological polar surface area (TPSA) is 68.0 Å². The Morgan fingerprint density at radius 1 is 1.00 bits per heavy atom.